The first kappa shape index (κ1) is 26.8. The molecule has 2 saturated heterocycles. The molecule has 8 heteroatoms. The van der Waals surface area contributed by atoms with Crippen molar-refractivity contribution in [1.82, 2.24) is 15.2 Å². The number of hydrogen-bond acceptors (Lipinski definition) is 6. The first-order valence-electron chi connectivity index (χ1n) is 12.8. The predicted molar refractivity (Wildman–Crippen MR) is 138 cm³/mol. The first-order valence-corrected chi connectivity index (χ1v) is 12.8. The lowest BCUT2D eigenvalue weighted by Crippen LogP contribution is -2.51. The van der Waals surface area contributed by atoms with E-state index in [0.717, 1.165) is 37.8 Å². The lowest BCUT2D eigenvalue weighted by molar-refractivity contribution is -0.140. The second-order valence-electron chi connectivity index (χ2n) is 11.0. The average molecular weight is 487 g/mol. The molecular weight excluding hydrogens is 444 g/mol. The third kappa shape index (κ3) is 7.36. The number of hydrazone groups is 1. The van der Waals surface area contributed by atoms with E-state index in [4.69, 9.17) is 9.47 Å². The van der Waals surface area contributed by atoms with E-state index in [1.54, 1.807) is 13.3 Å². The Morgan fingerprint density at radius 2 is 1.86 bits per heavy atom. The Bertz CT molecular complexity index is 901. The molecule has 0 unspecified atom stereocenters. The third-order valence-electron chi connectivity index (χ3n) is 6.41. The minimum Gasteiger partial charge on any atom is -0.493 e. The Hall–Kier alpha value is -2.77. The van der Waals surface area contributed by atoms with Crippen molar-refractivity contribution in [2.24, 2.45) is 16.4 Å². The van der Waals surface area contributed by atoms with E-state index in [2.05, 4.69) is 24.3 Å². The summed E-state index contributed by atoms with van der Waals surface area (Å²) in [5.41, 5.74) is 0.524. The number of ether oxygens (including phenoxy) is 2. The number of amides is 2. The molecule has 1 aromatic carbocycles. The van der Waals surface area contributed by atoms with Crippen LogP contribution >= 0.6 is 0 Å². The van der Waals surface area contributed by atoms with Crippen LogP contribution < -0.4 is 14.8 Å². The molecule has 35 heavy (non-hydrogen) atoms. The summed E-state index contributed by atoms with van der Waals surface area (Å²) in [6.45, 7) is 12.8. The third-order valence-corrected chi connectivity index (χ3v) is 6.41. The number of carbonyl (C=O) groups excluding carboxylic acids is 2. The molecule has 2 aliphatic heterocycles. The molecule has 0 aliphatic carbocycles. The normalized spacial score (nSPS) is 19.5. The van der Waals surface area contributed by atoms with Gasteiger partial charge in [-0.2, -0.15) is 5.10 Å². The SMILES string of the molecule is COc1ccc(/C=N/N2CCC[C@H]2C(=O)NC2CCN(C(=O)C(C)(C)C)CC2)cc1OCC(C)C. The van der Waals surface area contributed by atoms with E-state index in [1.807, 2.05) is 48.9 Å². The van der Waals surface area contributed by atoms with Crippen molar-refractivity contribution in [2.75, 3.05) is 33.4 Å². The first-order chi connectivity index (χ1) is 16.6. The van der Waals surface area contributed by atoms with E-state index in [-0.39, 0.29) is 29.3 Å². The monoisotopic (exact) mass is 486 g/mol. The van der Waals surface area contributed by atoms with Gasteiger partial charge in [-0.15, -0.1) is 0 Å². The van der Waals surface area contributed by atoms with Crippen molar-refractivity contribution in [1.29, 1.82) is 0 Å². The maximum absolute atomic E-state index is 13.1. The minimum atomic E-state index is -0.371. The molecule has 0 saturated carbocycles. The molecule has 0 aromatic heterocycles. The van der Waals surface area contributed by atoms with Crippen LogP contribution in [0.25, 0.3) is 0 Å². The molecule has 1 N–H and O–H groups in total. The van der Waals surface area contributed by atoms with Crippen LogP contribution in [-0.4, -0.2) is 73.4 Å². The number of hydrogen-bond donors (Lipinski definition) is 1. The fourth-order valence-electron chi connectivity index (χ4n) is 4.44. The highest BCUT2D eigenvalue weighted by molar-refractivity contribution is 5.84. The number of benzene rings is 1. The van der Waals surface area contributed by atoms with Gasteiger partial charge in [-0.3, -0.25) is 14.6 Å². The molecule has 2 amide bonds. The van der Waals surface area contributed by atoms with Crippen LogP contribution in [0.4, 0.5) is 0 Å². The number of rotatable bonds is 8. The molecule has 2 fully saturated rings. The summed E-state index contributed by atoms with van der Waals surface area (Å²) in [7, 11) is 1.63. The van der Waals surface area contributed by atoms with Gasteiger partial charge < -0.3 is 19.7 Å². The number of nitrogens with zero attached hydrogens (tertiary/aromatic N) is 3. The second kappa shape index (κ2) is 11.8. The molecule has 0 spiro atoms. The average Bonchev–Trinajstić information content (AvgIpc) is 3.29. The Morgan fingerprint density at radius 3 is 2.49 bits per heavy atom. The summed E-state index contributed by atoms with van der Waals surface area (Å²) >= 11 is 0. The quantitative estimate of drug-likeness (QED) is 0.567. The van der Waals surface area contributed by atoms with Gasteiger partial charge in [0.25, 0.3) is 0 Å². The Kier molecular flexibility index (Phi) is 9.03. The molecule has 0 bridgehead atoms. The van der Waals surface area contributed by atoms with Crippen molar-refractivity contribution in [3.8, 4) is 11.5 Å². The highest BCUT2D eigenvalue weighted by Crippen LogP contribution is 2.28. The number of nitrogens with one attached hydrogen (secondary N) is 1. The van der Waals surface area contributed by atoms with Crippen LogP contribution in [0.3, 0.4) is 0 Å². The molecule has 3 rings (SSSR count). The molecule has 194 valence electrons. The van der Waals surface area contributed by atoms with Crippen LogP contribution in [0.2, 0.25) is 0 Å². The molecule has 2 aliphatic rings. The van der Waals surface area contributed by atoms with Gasteiger partial charge in [0.1, 0.15) is 6.04 Å². The van der Waals surface area contributed by atoms with Crippen LogP contribution in [0.5, 0.6) is 11.5 Å². The molecular formula is C27H42N4O4. The smallest absolute Gasteiger partial charge is 0.244 e. The minimum absolute atomic E-state index is 0.0240. The van der Waals surface area contributed by atoms with Gasteiger partial charge in [-0.1, -0.05) is 34.6 Å². The van der Waals surface area contributed by atoms with Crippen molar-refractivity contribution >= 4 is 18.0 Å². The molecule has 2 heterocycles. The fourth-order valence-corrected chi connectivity index (χ4v) is 4.44. The fraction of sp³-hybridized carbons (Fsp3) is 0.667. The van der Waals surface area contributed by atoms with Gasteiger partial charge in [0.2, 0.25) is 11.8 Å². The van der Waals surface area contributed by atoms with Crippen LogP contribution in [0.1, 0.15) is 65.9 Å². The topological polar surface area (TPSA) is 83.5 Å². The molecule has 1 atom stereocenters. The Balaban J connectivity index is 1.56. The standard InChI is InChI=1S/C27H42N4O4/c1-19(2)18-35-24-16-20(9-10-23(24)34-6)17-28-31-13-7-8-22(31)25(32)29-21-11-14-30(15-12-21)26(33)27(3,4)5/h9-10,16-17,19,21-22H,7-8,11-15,18H2,1-6H3,(H,29,32)/b28-17+/t22-/m0/s1. The van der Waals surface area contributed by atoms with Crippen molar-refractivity contribution < 1.29 is 19.1 Å². The van der Waals surface area contributed by atoms with E-state index in [9.17, 15) is 9.59 Å². The number of carbonyl (C=O) groups is 2. The number of methoxy groups -OCH3 is 1. The summed E-state index contributed by atoms with van der Waals surface area (Å²) in [5.74, 6) is 1.99. The predicted octanol–water partition coefficient (Wildman–Crippen LogP) is 3.68. The summed E-state index contributed by atoms with van der Waals surface area (Å²) in [6, 6.07) is 5.56. The largest absolute Gasteiger partial charge is 0.493 e. The Labute approximate surface area is 210 Å². The zero-order valence-electron chi connectivity index (χ0n) is 22.2. The molecule has 0 radical (unpaired) electrons. The van der Waals surface area contributed by atoms with Crippen LogP contribution in [0.15, 0.2) is 23.3 Å². The summed E-state index contributed by atoms with van der Waals surface area (Å²) in [6.07, 6.45) is 5.07. The summed E-state index contributed by atoms with van der Waals surface area (Å²) < 4.78 is 11.3. The highest BCUT2D eigenvalue weighted by atomic mass is 16.5. The maximum Gasteiger partial charge on any atom is 0.244 e. The van der Waals surface area contributed by atoms with Gasteiger partial charge in [0.05, 0.1) is 19.9 Å². The van der Waals surface area contributed by atoms with E-state index < -0.39 is 0 Å². The number of likely N-dealkylation sites (tertiary alicyclic amines) is 1. The van der Waals surface area contributed by atoms with E-state index >= 15 is 0 Å². The van der Waals surface area contributed by atoms with Gasteiger partial charge >= 0.3 is 0 Å². The lowest BCUT2D eigenvalue weighted by atomic mass is 9.93. The van der Waals surface area contributed by atoms with Crippen LogP contribution in [-0.2, 0) is 9.59 Å². The zero-order valence-corrected chi connectivity index (χ0v) is 22.2. The lowest BCUT2D eigenvalue weighted by Gasteiger charge is -2.36. The number of piperidine rings is 1. The highest BCUT2D eigenvalue weighted by Gasteiger charge is 2.34. The zero-order chi connectivity index (χ0) is 25.6. The van der Waals surface area contributed by atoms with Crippen molar-refractivity contribution in [2.45, 2.75) is 72.4 Å². The molecule has 1 aromatic rings. The maximum atomic E-state index is 13.1. The summed E-state index contributed by atoms with van der Waals surface area (Å²) in [4.78, 5) is 27.5. The van der Waals surface area contributed by atoms with Gasteiger partial charge in [-0.05, 0) is 55.4 Å². The van der Waals surface area contributed by atoms with Gasteiger partial charge in [0, 0.05) is 31.1 Å². The van der Waals surface area contributed by atoms with Gasteiger partial charge in [0.15, 0.2) is 11.5 Å². The van der Waals surface area contributed by atoms with Crippen molar-refractivity contribution in [3.63, 3.8) is 0 Å². The van der Waals surface area contributed by atoms with Crippen molar-refractivity contribution in [3.05, 3.63) is 23.8 Å². The second-order valence-corrected chi connectivity index (χ2v) is 11.0. The van der Waals surface area contributed by atoms with Gasteiger partial charge in [-0.25, -0.2) is 0 Å². The van der Waals surface area contributed by atoms with Crippen LogP contribution in [0, 0.1) is 11.3 Å². The van der Waals surface area contributed by atoms with E-state index in [1.165, 1.54) is 0 Å². The Morgan fingerprint density at radius 1 is 1.14 bits per heavy atom. The van der Waals surface area contributed by atoms with E-state index in [0.29, 0.717) is 37.1 Å². The molecule has 8 nitrogen and oxygen atoms in total. The summed E-state index contributed by atoms with van der Waals surface area (Å²) in [5, 5.41) is 9.73.